The lowest BCUT2D eigenvalue weighted by atomic mass is 10.0. The van der Waals surface area contributed by atoms with Crippen molar-refractivity contribution in [3.05, 3.63) is 63.6 Å². The fourth-order valence-corrected chi connectivity index (χ4v) is 6.11. The van der Waals surface area contributed by atoms with Crippen LogP contribution in [0.2, 0.25) is 0 Å². The quantitative estimate of drug-likeness (QED) is 0.266. The van der Waals surface area contributed by atoms with Crippen molar-refractivity contribution in [2.24, 2.45) is 0 Å². The summed E-state index contributed by atoms with van der Waals surface area (Å²) in [6.45, 7) is 6.84. The van der Waals surface area contributed by atoms with Gasteiger partial charge in [-0.25, -0.2) is 0 Å². The standard InChI is InChI=1S/C29H33BrO9S/c1-6-20-7-9-21(10-8-20)13-22-14-23(30)11-12-24(22)39-29-28(38-19(5)34)27(37-18(4)33)26(36-17(3)32)25(40-29)15-35-16(2)31/h7-12,14,25-29H,6,13,15H2,1-5H3/t25-,26+,27-,28+,29-/m0/s1. The maximum absolute atomic E-state index is 12.2. The molecule has 40 heavy (non-hydrogen) atoms. The predicted molar refractivity (Wildman–Crippen MR) is 152 cm³/mol. The first-order valence-corrected chi connectivity index (χ1v) is 14.5. The minimum absolute atomic E-state index is 0.153. The molecule has 9 nitrogen and oxygen atoms in total. The van der Waals surface area contributed by atoms with E-state index >= 15 is 0 Å². The average Bonchev–Trinajstić information content (AvgIpc) is 2.87. The highest BCUT2D eigenvalue weighted by Crippen LogP contribution is 2.40. The van der Waals surface area contributed by atoms with E-state index in [1.54, 1.807) is 6.07 Å². The minimum atomic E-state index is -1.21. The molecule has 1 aliphatic rings. The molecular weight excluding hydrogens is 604 g/mol. The van der Waals surface area contributed by atoms with Gasteiger partial charge >= 0.3 is 23.9 Å². The Balaban J connectivity index is 2.01. The summed E-state index contributed by atoms with van der Waals surface area (Å²) in [5, 5.41) is -0.686. The van der Waals surface area contributed by atoms with Crippen molar-refractivity contribution in [1.82, 2.24) is 0 Å². The Morgan fingerprint density at radius 2 is 1.35 bits per heavy atom. The van der Waals surface area contributed by atoms with Crippen molar-refractivity contribution in [2.75, 3.05) is 6.61 Å². The number of hydrogen-bond acceptors (Lipinski definition) is 10. The minimum Gasteiger partial charge on any atom is -0.475 e. The normalized spacial score (nSPS) is 22.1. The lowest BCUT2D eigenvalue weighted by Gasteiger charge is -2.43. The van der Waals surface area contributed by atoms with Crippen molar-refractivity contribution in [3.8, 4) is 5.75 Å². The van der Waals surface area contributed by atoms with Crippen LogP contribution in [0.4, 0.5) is 0 Å². The van der Waals surface area contributed by atoms with Crippen LogP contribution in [0.3, 0.4) is 0 Å². The summed E-state index contributed by atoms with van der Waals surface area (Å²) in [4.78, 5) is 47.9. The van der Waals surface area contributed by atoms with Crippen LogP contribution in [0.5, 0.6) is 5.75 Å². The number of carbonyl (C=O) groups is 4. The van der Waals surface area contributed by atoms with Crippen LogP contribution >= 0.6 is 27.7 Å². The Morgan fingerprint density at radius 3 is 1.93 bits per heavy atom. The van der Waals surface area contributed by atoms with Crippen molar-refractivity contribution < 1.29 is 42.9 Å². The van der Waals surface area contributed by atoms with Gasteiger partial charge in [0, 0.05) is 38.6 Å². The Morgan fingerprint density at radius 1 is 0.775 bits per heavy atom. The van der Waals surface area contributed by atoms with Gasteiger partial charge in [-0.15, -0.1) is 11.8 Å². The Kier molecular flexibility index (Phi) is 11.4. The molecule has 2 aromatic carbocycles. The molecule has 1 heterocycles. The van der Waals surface area contributed by atoms with E-state index in [4.69, 9.17) is 23.7 Å². The summed E-state index contributed by atoms with van der Waals surface area (Å²) in [6, 6.07) is 13.9. The number of carbonyl (C=O) groups excluding carboxylic acids is 4. The third kappa shape index (κ3) is 8.99. The molecule has 5 atom stereocenters. The molecular formula is C29H33BrO9S. The number of benzene rings is 2. The summed E-state index contributed by atoms with van der Waals surface area (Å²) < 4.78 is 29.2. The zero-order chi connectivity index (χ0) is 29.4. The second-order valence-electron chi connectivity index (χ2n) is 9.28. The molecule has 11 heteroatoms. The van der Waals surface area contributed by atoms with E-state index in [9.17, 15) is 19.2 Å². The smallest absolute Gasteiger partial charge is 0.303 e. The van der Waals surface area contributed by atoms with Gasteiger partial charge in [-0.05, 0) is 41.3 Å². The van der Waals surface area contributed by atoms with E-state index in [0.29, 0.717) is 12.2 Å². The molecule has 1 fully saturated rings. The summed E-state index contributed by atoms with van der Waals surface area (Å²) >= 11 is 4.70. The van der Waals surface area contributed by atoms with E-state index < -0.39 is 52.9 Å². The van der Waals surface area contributed by atoms with Gasteiger partial charge in [0.15, 0.2) is 23.7 Å². The molecule has 2 aromatic rings. The van der Waals surface area contributed by atoms with Crippen molar-refractivity contribution in [2.45, 2.75) is 76.5 Å². The van der Waals surface area contributed by atoms with Crippen LogP contribution in [0.1, 0.15) is 51.3 Å². The highest BCUT2D eigenvalue weighted by Gasteiger charge is 2.53. The first-order chi connectivity index (χ1) is 19.0. The molecule has 0 spiro atoms. The molecule has 0 radical (unpaired) electrons. The van der Waals surface area contributed by atoms with Gasteiger partial charge in [-0.3, -0.25) is 19.2 Å². The summed E-state index contributed by atoms with van der Waals surface area (Å²) in [6.07, 6.45) is -1.91. The molecule has 0 unspecified atom stereocenters. The Hall–Kier alpha value is -3.05. The molecule has 1 aliphatic heterocycles. The molecule has 0 bridgehead atoms. The second-order valence-corrected chi connectivity index (χ2v) is 11.5. The Labute approximate surface area is 246 Å². The molecule has 1 saturated heterocycles. The van der Waals surface area contributed by atoms with Crippen molar-refractivity contribution >= 4 is 51.6 Å². The highest BCUT2D eigenvalue weighted by molar-refractivity contribution is 9.10. The van der Waals surface area contributed by atoms with Gasteiger partial charge in [0.25, 0.3) is 0 Å². The molecule has 0 aliphatic carbocycles. The number of halogens is 1. The van der Waals surface area contributed by atoms with E-state index in [1.807, 2.05) is 12.1 Å². The molecule has 216 valence electrons. The van der Waals surface area contributed by atoms with E-state index in [-0.39, 0.29) is 6.61 Å². The molecule has 0 aromatic heterocycles. The van der Waals surface area contributed by atoms with Crippen LogP contribution in [-0.4, -0.2) is 59.5 Å². The fraction of sp³-hybridized carbons (Fsp3) is 0.448. The van der Waals surface area contributed by atoms with Crippen LogP contribution in [0.25, 0.3) is 0 Å². The molecule has 0 saturated carbocycles. The van der Waals surface area contributed by atoms with Gasteiger partial charge in [0.2, 0.25) is 0 Å². The van der Waals surface area contributed by atoms with E-state index in [1.165, 1.54) is 45.0 Å². The number of ether oxygens (including phenoxy) is 5. The predicted octanol–water partition coefficient (Wildman–Crippen LogP) is 4.78. The maximum atomic E-state index is 12.2. The number of thioether (sulfide) groups is 1. The van der Waals surface area contributed by atoms with Gasteiger partial charge in [0.1, 0.15) is 12.4 Å². The van der Waals surface area contributed by atoms with Crippen LogP contribution in [0, 0.1) is 0 Å². The third-order valence-corrected chi connectivity index (χ3v) is 7.92. The molecule has 0 N–H and O–H groups in total. The lowest BCUT2D eigenvalue weighted by Crippen LogP contribution is -2.59. The average molecular weight is 638 g/mol. The monoisotopic (exact) mass is 636 g/mol. The SMILES string of the molecule is CCc1ccc(Cc2cc(Br)ccc2O[C@H]2S[C@@H](COC(C)=O)[C@@H](OC(C)=O)[C@H](OC(C)=O)[C@H]2OC(C)=O)cc1. The zero-order valence-electron chi connectivity index (χ0n) is 23.0. The summed E-state index contributed by atoms with van der Waals surface area (Å²) in [5.74, 6) is -1.95. The molecule has 3 rings (SSSR count). The second kappa shape index (κ2) is 14.5. The zero-order valence-corrected chi connectivity index (χ0v) is 25.4. The fourth-order valence-electron chi connectivity index (χ4n) is 4.32. The van der Waals surface area contributed by atoms with Gasteiger partial charge in [-0.1, -0.05) is 47.1 Å². The summed E-state index contributed by atoms with van der Waals surface area (Å²) in [5.41, 5.74) is 2.27. The first-order valence-electron chi connectivity index (χ1n) is 12.8. The number of esters is 4. The lowest BCUT2D eigenvalue weighted by molar-refractivity contribution is -0.190. The third-order valence-electron chi connectivity index (χ3n) is 6.04. The van der Waals surface area contributed by atoms with Gasteiger partial charge in [-0.2, -0.15) is 0 Å². The summed E-state index contributed by atoms with van der Waals surface area (Å²) in [7, 11) is 0. The number of rotatable bonds is 10. The topological polar surface area (TPSA) is 114 Å². The Bertz CT molecular complexity index is 1220. The van der Waals surface area contributed by atoms with Crippen LogP contribution in [-0.2, 0) is 51.0 Å². The largest absolute Gasteiger partial charge is 0.475 e. The number of aryl methyl sites for hydroxylation is 1. The molecule has 0 amide bonds. The van der Waals surface area contributed by atoms with E-state index in [2.05, 4.69) is 47.1 Å². The van der Waals surface area contributed by atoms with Crippen molar-refractivity contribution in [1.29, 1.82) is 0 Å². The first kappa shape index (κ1) is 31.5. The highest BCUT2D eigenvalue weighted by atomic mass is 79.9. The van der Waals surface area contributed by atoms with Crippen LogP contribution < -0.4 is 4.74 Å². The maximum Gasteiger partial charge on any atom is 0.303 e. The van der Waals surface area contributed by atoms with Crippen molar-refractivity contribution in [3.63, 3.8) is 0 Å². The van der Waals surface area contributed by atoms with E-state index in [0.717, 1.165) is 22.0 Å². The van der Waals surface area contributed by atoms with Gasteiger partial charge < -0.3 is 23.7 Å². The number of hydrogen-bond donors (Lipinski definition) is 0. The van der Waals surface area contributed by atoms with Crippen LogP contribution in [0.15, 0.2) is 46.9 Å². The van der Waals surface area contributed by atoms with Gasteiger partial charge in [0.05, 0.1) is 5.25 Å².